The number of aliphatic imine (C=N–C) groups is 1. The van der Waals surface area contributed by atoms with Gasteiger partial charge in [-0.25, -0.2) is 0 Å². The van der Waals surface area contributed by atoms with Gasteiger partial charge in [0.2, 0.25) is 0 Å². The molecule has 6 heteroatoms. The molecule has 0 spiro atoms. The van der Waals surface area contributed by atoms with E-state index < -0.39 is 0 Å². The largest absolute Gasteiger partial charge is 0.370 e. The molecule has 0 saturated carbocycles. The number of guanidine groups is 2. The summed E-state index contributed by atoms with van der Waals surface area (Å²) < 4.78 is 0. The van der Waals surface area contributed by atoms with Crippen LogP contribution in [0.3, 0.4) is 0 Å². The first-order valence-corrected chi connectivity index (χ1v) is 4.26. The van der Waals surface area contributed by atoms with E-state index in [9.17, 15) is 0 Å². The van der Waals surface area contributed by atoms with Gasteiger partial charge in [-0.2, -0.15) is 0 Å². The van der Waals surface area contributed by atoms with Gasteiger partial charge in [0.25, 0.3) is 0 Å². The SMILES string of the molecule is N=C(N)NCCCCCN=C(N)N. The highest BCUT2D eigenvalue weighted by Gasteiger charge is 1.89. The second-order valence-corrected chi connectivity index (χ2v) is 2.71. The summed E-state index contributed by atoms with van der Waals surface area (Å²) in [4.78, 5) is 3.84. The van der Waals surface area contributed by atoms with Crippen LogP contribution in [-0.4, -0.2) is 25.0 Å². The zero-order valence-corrected chi connectivity index (χ0v) is 7.71. The van der Waals surface area contributed by atoms with Crippen LogP contribution in [0.15, 0.2) is 4.99 Å². The predicted octanol–water partition coefficient (Wildman–Crippen LogP) is -1.09. The molecular weight excluding hydrogens is 168 g/mol. The summed E-state index contributed by atoms with van der Waals surface area (Å²) in [5.74, 6) is 0.158. The molecule has 0 atom stereocenters. The van der Waals surface area contributed by atoms with E-state index >= 15 is 0 Å². The fourth-order valence-corrected chi connectivity index (χ4v) is 0.845. The number of nitrogens with one attached hydrogen (secondary N) is 2. The van der Waals surface area contributed by atoms with Crippen LogP contribution < -0.4 is 22.5 Å². The molecule has 76 valence electrons. The van der Waals surface area contributed by atoms with Crippen molar-refractivity contribution in [1.82, 2.24) is 5.32 Å². The summed E-state index contributed by atoms with van der Waals surface area (Å²) in [5.41, 5.74) is 15.4. The highest BCUT2D eigenvalue weighted by molar-refractivity contribution is 5.75. The van der Waals surface area contributed by atoms with Crippen LogP contribution in [0.5, 0.6) is 0 Å². The van der Waals surface area contributed by atoms with Gasteiger partial charge in [-0.3, -0.25) is 10.4 Å². The molecule has 0 aliphatic carbocycles. The average Bonchev–Trinajstić information content (AvgIpc) is 2.01. The molecule has 0 fully saturated rings. The molecule has 6 nitrogen and oxygen atoms in total. The van der Waals surface area contributed by atoms with E-state index in [4.69, 9.17) is 22.6 Å². The molecule has 0 aromatic heterocycles. The van der Waals surface area contributed by atoms with Gasteiger partial charge in [0.1, 0.15) is 0 Å². The minimum absolute atomic E-state index is 0.0178. The van der Waals surface area contributed by atoms with Gasteiger partial charge < -0.3 is 22.5 Å². The molecule has 0 aliphatic heterocycles. The highest BCUT2D eigenvalue weighted by atomic mass is 15.0. The van der Waals surface area contributed by atoms with Crippen molar-refractivity contribution in [3.05, 3.63) is 0 Å². The van der Waals surface area contributed by atoms with Gasteiger partial charge >= 0.3 is 0 Å². The Morgan fingerprint density at radius 3 is 2.38 bits per heavy atom. The average molecular weight is 186 g/mol. The Hall–Kier alpha value is -1.46. The Labute approximate surface area is 78.1 Å². The topological polar surface area (TPSA) is 126 Å². The molecule has 0 aromatic rings. The van der Waals surface area contributed by atoms with Crippen molar-refractivity contribution >= 4 is 11.9 Å². The molecule has 13 heavy (non-hydrogen) atoms. The second kappa shape index (κ2) is 7.20. The number of rotatable bonds is 6. The zero-order chi connectivity index (χ0) is 10.1. The minimum Gasteiger partial charge on any atom is -0.370 e. The lowest BCUT2D eigenvalue weighted by Gasteiger charge is -2.01. The standard InChI is InChI=1S/C7H18N6/c8-6(9)12-4-2-1-3-5-13-7(10)11/h1-5H2,(H4,8,9,12)(H4,10,11,13). The van der Waals surface area contributed by atoms with Crippen molar-refractivity contribution in [2.75, 3.05) is 13.1 Å². The molecule has 0 aromatic carbocycles. The van der Waals surface area contributed by atoms with Crippen LogP contribution in [-0.2, 0) is 0 Å². The number of nitrogens with zero attached hydrogens (tertiary/aromatic N) is 1. The van der Waals surface area contributed by atoms with E-state index in [2.05, 4.69) is 10.3 Å². The van der Waals surface area contributed by atoms with Crippen molar-refractivity contribution in [3.8, 4) is 0 Å². The van der Waals surface area contributed by atoms with Gasteiger partial charge in [-0.1, -0.05) is 0 Å². The molecule has 0 saturated heterocycles. The minimum atomic E-state index is 0.0178. The zero-order valence-electron chi connectivity index (χ0n) is 7.71. The second-order valence-electron chi connectivity index (χ2n) is 2.71. The van der Waals surface area contributed by atoms with E-state index in [0.29, 0.717) is 6.54 Å². The smallest absolute Gasteiger partial charge is 0.185 e. The van der Waals surface area contributed by atoms with Gasteiger partial charge in [0.05, 0.1) is 0 Å². The molecule has 0 amide bonds. The lowest BCUT2D eigenvalue weighted by molar-refractivity contribution is 0.669. The third-order valence-corrected chi connectivity index (χ3v) is 1.44. The Morgan fingerprint density at radius 1 is 1.15 bits per heavy atom. The van der Waals surface area contributed by atoms with Crippen LogP contribution in [0, 0.1) is 5.41 Å². The number of hydrogen-bond donors (Lipinski definition) is 5. The quantitative estimate of drug-likeness (QED) is 0.205. The van der Waals surface area contributed by atoms with Crippen LogP contribution in [0.2, 0.25) is 0 Å². The lowest BCUT2D eigenvalue weighted by atomic mass is 10.2. The maximum atomic E-state index is 6.88. The Kier molecular flexibility index (Phi) is 6.39. The van der Waals surface area contributed by atoms with Crippen LogP contribution in [0.25, 0.3) is 0 Å². The monoisotopic (exact) mass is 186 g/mol. The van der Waals surface area contributed by atoms with E-state index in [-0.39, 0.29) is 11.9 Å². The van der Waals surface area contributed by atoms with Gasteiger partial charge in [-0.15, -0.1) is 0 Å². The van der Waals surface area contributed by atoms with E-state index in [1.54, 1.807) is 0 Å². The van der Waals surface area contributed by atoms with E-state index in [0.717, 1.165) is 25.8 Å². The molecule has 0 bridgehead atoms. The molecule has 0 aliphatic rings. The third-order valence-electron chi connectivity index (χ3n) is 1.44. The molecule has 0 heterocycles. The molecule has 0 rings (SSSR count). The van der Waals surface area contributed by atoms with Gasteiger partial charge in [0.15, 0.2) is 11.9 Å². The number of hydrogen-bond acceptors (Lipinski definition) is 2. The van der Waals surface area contributed by atoms with Crippen molar-refractivity contribution in [3.63, 3.8) is 0 Å². The first-order chi connectivity index (χ1) is 6.13. The highest BCUT2D eigenvalue weighted by Crippen LogP contribution is 1.93. The maximum Gasteiger partial charge on any atom is 0.185 e. The summed E-state index contributed by atoms with van der Waals surface area (Å²) in [6.45, 7) is 1.40. The van der Waals surface area contributed by atoms with Crippen molar-refractivity contribution in [2.24, 2.45) is 22.2 Å². The molecule has 0 radical (unpaired) electrons. The van der Waals surface area contributed by atoms with Crippen LogP contribution in [0.4, 0.5) is 0 Å². The third kappa shape index (κ3) is 10.5. The normalized spacial score (nSPS) is 9.23. The summed E-state index contributed by atoms with van der Waals surface area (Å²) in [6, 6.07) is 0. The lowest BCUT2D eigenvalue weighted by Crippen LogP contribution is -2.30. The molecular formula is C7H18N6. The van der Waals surface area contributed by atoms with Crippen molar-refractivity contribution < 1.29 is 0 Å². The first kappa shape index (κ1) is 11.5. The Balaban J connectivity index is 3.09. The summed E-state index contributed by atoms with van der Waals surface area (Å²) in [7, 11) is 0. The van der Waals surface area contributed by atoms with Crippen LogP contribution in [0.1, 0.15) is 19.3 Å². The maximum absolute atomic E-state index is 6.88. The van der Waals surface area contributed by atoms with E-state index in [1.807, 2.05) is 0 Å². The number of unbranched alkanes of at least 4 members (excludes halogenated alkanes) is 2. The van der Waals surface area contributed by atoms with Crippen molar-refractivity contribution in [2.45, 2.75) is 19.3 Å². The van der Waals surface area contributed by atoms with E-state index in [1.165, 1.54) is 0 Å². The summed E-state index contributed by atoms with van der Waals surface area (Å²) >= 11 is 0. The van der Waals surface area contributed by atoms with Gasteiger partial charge in [0, 0.05) is 13.1 Å². The van der Waals surface area contributed by atoms with Gasteiger partial charge in [-0.05, 0) is 19.3 Å². The Bertz CT molecular complexity index is 172. The number of nitrogens with two attached hydrogens (primary N) is 3. The first-order valence-electron chi connectivity index (χ1n) is 4.26. The molecule has 0 unspecified atom stereocenters. The Morgan fingerprint density at radius 2 is 1.85 bits per heavy atom. The fourth-order valence-electron chi connectivity index (χ4n) is 0.845. The summed E-state index contributed by atoms with van der Waals surface area (Å²) in [5, 5.41) is 9.60. The predicted molar refractivity (Wildman–Crippen MR) is 54.4 cm³/mol. The van der Waals surface area contributed by atoms with Crippen LogP contribution >= 0.6 is 0 Å². The fraction of sp³-hybridized carbons (Fsp3) is 0.714. The molecule has 8 N–H and O–H groups in total. The summed E-state index contributed by atoms with van der Waals surface area (Å²) in [6.07, 6.45) is 2.95. The van der Waals surface area contributed by atoms with Crippen molar-refractivity contribution in [1.29, 1.82) is 5.41 Å².